The molecule has 1 atom stereocenters. The van der Waals surface area contributed by atoms with E-state index in [0.717, 1.165) is 35.1 Å². The number of para-hydroxylation sites is 1. The number of amides is 1. The van der Waals surface area contributed by atoms with Gasteiger partial charge in [0.15, 0.2) is 5.16 Å². The van der Waals surface area contributed by atoms with Crippen molar-refractivity contribution in [2.24, 2.45) is 0 Å². The molecule has 0 spiro atoms. The molecule has 1 aliphatic rings. The topological polar surface area (TPSA) is 59.8 Å². The second kappa shape index (κ2) is 8.19. The molecule has 0 bridgehead atoms. The number of hydrogen-bond acceptors (Lipinski definition) is 4. The normalized spacial score (nSPS) is 14.8. The lowest BCUT2D eigenvalue weighted by Crippen LogP contribution is -2.19. The molecule has 1 heterocycles. The Kier molecular flexibility index (Phi) is 5.48. The van der Waals surface area contributed by atoms with Crippen molar-refractivity contribution in [3.63, 3.8) is 0 Å². The number of aromatic nitrogens is 3. The highest BCUT2D eigenvalue weighted by Crippen LogP contribution is 2.43. The van der Waals surface area contributed by atoms with Gasteiger partial charge < -0.3 is 9.88 Å². The van der Waals surface area contributed by atoms with Crippen LogP contribution in [0.1, 0.15) is 55.3 Å². The second-order valence-electron chi connectivity index (χ2n) is 7.36. The zero-order chi connectivity index (χ0) is 19.5. The van der Waals surface area contributed by atoms with Crippen LogP contribution in [0.25, 0.3) is 0 Å². The Bertz CT molecular complexity index is 936. The van der Waals surface area contributed by atoms with Gasteiger partial charge in [0.1, 0.15) is 11.1 Å². The average molecular weight is 393 g/mol. The third kappa shape index (κ3) is 4.12. The van der Waals surface area contributed by atoms with E-state index in [-0.39, 0.29) is 5.91 Å². The molecule has 1 unspecified atom stereocenters. The van der Waals surface area contributed by atoms with Crippen molar-refractivity contribution >= 4 is 23.4 Å². The minimum absolute atomic E-state index is 0.0566. The van der Waals surface area contributed by atoms with Crippen LogP contribution in [0.4, 0.5) is 5.69 Å². The van der Waals surface area contributed by atoms with E-state index >= 15 is 0 Å². The Hall–Kier alpha value is -2.60. The summed E-state index contributed by atoms with van der Waals surface area (Å²) < 4.78 is 2.24. The first-order chi connectivity index (χ1) is 13.6. The molecule has 144 valence electrons. The van der Waals surface area contributed by atoms with Crippen LogP contribution in [0.3, 0.4) is 0 Å². The summed E-state index contributed by atoms with van der Waals surface area (Å²) in [6, 6.07) is 19.9. The highest BCUT2D eigenvalue weighted by Gasteiger charge is 2.33. The lowest BCUT2D eigenvalue weighted by atomic mass is 10.1. The summed E-state index contributed by atoms with van der Waals surface area (Å²) in [5.41, 5.74) is 1.75. The fourth-order valence-electron chi connectivity index (χ4n) is 3.17. The predicted octanol–water partition coefficient (Wildman–Crippen LogP) is 5.21. The van der Waals surface area contributed by atoms with Crippen molar-refractivity contribution in [3.8, 4) is 0 Å². The van der Waals surface area contributed by atoms with Crippen LogP contribution in [0.2, 0.25) is 0 Å². The molecule has 0 aliphatic heterocycles. The van der Waals surface area contributed by atoms with Crippen LogP contribution in [0, 0.1) is 0 Å². The van der Waals surface area contributed by atoms with E-state index in [4.69, 9.17) is 0 Å². The van der Waals surface area contributed by atoms with Gasteiger partial charge in [0.2, 0.25) is 5.91 Å². The maximum atomic E-state index is 13.2. The summed E-state index contributed by atoms with van der Waals surface area (Å²) in [6.45, 7) is 4.27. The fraction of sp³-hybridized carbons (Fsp3) is 0.318. The van der Waals surface area contributed by atoms with Gasteiger partial charge in [-0.15, -0.1) is 10.2 Å². The lowest BCUT2D eigenvalue weighted by Gasteiger charge is -2.18. The van der Waals surface area contributed by atoms with Gasteiger partial charge >= 0.3 is 0 Å². The van der Waals surface area contributed by atoms with Crippen LogP contribution in [-0.4, -0.2) is 20.7 Å². The molecule has 0 radical (unpaired) electrons. The summed E-state index contributed by atoms with van der Waals surface area (Å²) in [5.74, 6) is 1.25. The number of nitrogens with one attached hydrogen (secondary N) is 1. The van der Waals surface area contributed by atoms with Crippen LogP contribution in [0.15, 0.2) is 65.8 Å². The molecule has 1 fully saturated rings. The molecular formula is C22H24N4OS. The summed E-state index contributed by atoms with van der Waals surface area (Å²) in [6.07, 6.45) is 2.30. The zero-order valence-corrected chi connectivity index (χ0v) is 16.9. The molecule has 1 N–H and O–H groups in total. The molecule has 1 aliphatic carbocycles. The minimum Gasteiger partial charge on any atom is -0.325 e. The van der Waals surface area contributed by atoms with Crippen molar-refractivity contribution in [2.45, 2.75) is 49.1 Å². The smallest absolute Gasteiger partial charge is 0.242 e. The van der Waals surface area contributed by atoms with Crippen molar-refractivity contribution in [1.82, 2.24) is 14.8 Å². The summed E-state index contributed by atoms with van der Waals surface area (Å²) in [5, 5.41) is 12.3. The highest BCUT2D eigenvalue weighted by molar-refractivity contribution is 8.00. The summed E-state index contributed by atoms with van der Waals surface area (Å²) >= 11 is 1.48. The van der Waals surface area contributed by atoms with Gasteiger partial charge in [-0.05, 0) is 30.5 Å². The third-order valence-electron chi connectivity index (χ3n) is 4.72. The van der Waals surface area contributed by atoms with Crippen LogP contribution >= 0.6 is 11.8 Å². The number of rotatable bonds is 7. The zero-order valence-electron chi connectivity index (χ0n) is 16.1. The van der Waals surface area contributed by atoms with E-state index in [1.807, 2.05) is 60.7 Å². The van der Waals surface area contributed by atoms with E-state index in [1.165, 1.54) is 11.8 Å². The highest BCUT2D eigenvalue weighted by atomic mass is 32.2. The van der Waals surface area contributed by atoms with E-state index < -0.39 is 5.25 Å². The number of carbonyl (C=O) groups is 1. The van der Waals surface area contributed by atoms with Gasteiger partial charge in [-0.3, -0.25) is 4.79 Å². The van der Waals surface area contributed by atoms with E-state index in [9.17, 15) is 4.79 Å². The van der Waals surface area contributed by atoms with Gasteiger partial charge in [-0.1, -0.05) is 74.1 Å². The van der Waals surface area contributed by atoms with Crippen LogP contribution in [0.5, 0.6) is 0 Å². The van der Waals surface area contributed by atoms with Crippen molar-refractivity contribution in [1.29, 1.82) is 0 Å². The number of anilines is 1. The Morgan fingerprint density at radius 2 is 1.68 bits per heavy atom. The Morgan fingerprint density at radius 1 is 1.04 bits per heavy atom. The summed E-state index contributed by atoms with van der Waals surface area (Å²) in [4.78, 5) is 13.2. The SMILES string of the molecule is CC(C)c1nnc(SC(C(=O)Nc2ccccc2)c2ccccc2)n1C1CC1. The van der Waals surface area contributed by atoms with Crippen molar-refractivity contribution in [2.75, 3.05) is 5.32 Å². The molecule has 6 heteroatoms. The average Bonchev–Trinajstić information content (AvgIpc) is 3.46. The Morgan fingerprint density at radius 3 is 2.29 bits per heavy atom. The first-order valence-electron chi connectivity index (χ1n) is 9.66. The van der Waals surface area contributed by atoms with Crippen molar-refractivity contribution in [3.05, 3.63) is 72.1 Å². The van der Waals surface area contributed by atoms with Crippen molar-refractivity contribution < 1.29 is 4.79 Å². The number of nitrogens with zero attached hydrogens (tertiary/aromatic N) is 3. The van der Waals surface area contributed by atoms with E-state index in [1.54, 1.807) is 0 Å². The predicted molar refractivity (Wildman–Crippen MR) is 112 cm³/mol. The maximum Gasteiger partial charge on any atom is 0.242 e. The lowest BCUT2D eigenvalue weighted by molar-refractivity contribution is -0.115. The van der Waals surface area contributed by atoms with Gasteiger partial charge in [-0.2, -0.15) is 0 Å². The standard InChI is InChI=1S/C22H24N4OS/c1-15(2)20-24-25-22(26(20)18-13-14-18)28-19(16-9-5-3-6-10-16)21(27)23-17-11-7-4-8-12-17/h3-12,15,18-19H,13-14H2,1-2H3,(H,23,27). The van der Waals surface area contributed by atoms with E-state index in [2.05, 4.69) is 33.9 Å². The molecule has 5 nitrogen and oxygen atoms in total. The summed E-state index contributed by atoms with van der Waals surface area (Å²) in [7, 11) is 0. The van der Waals surface area contributed by atoms with Gasteiger partial charge in [0, 0.05) is 17.6 Å². The molecule has 1 aromatic heterocycles. The largest absolute Gasteiger partial charge is 0.325 e. The van der Waals surface area contributed by atoms with E-state index in [0.29, 0.717) is 12.0 Å². The number of benzene rings is 2. The molecule has 28 heavy (non-hydrogen) atoms. The first kappa shape index (κ1) is 18.7. The fourth-order valence-corrected chi connectivity index (χ4v) is 4.29. The first-order valence-corrected chi connectivity index (χ1v) is 10.5. The molecule has 2 aromatic carbocycles. The molecular weight excluding hydrogens is 368 g/mol. The molecule has 0 saturated heterocycles. The number of hydrogen-bond donors (Lipinski definition) is 1. The Balaban J connectivity index is 1.64. The van der Waals surface area contributed by atoms with Gasteiger partial charge in [0.05, 0.1) is 0 Å². The molecule has 1 amide bonds. The second-order valence-corrected chi connectivity index (χ2v) is 8.43. The number of thioether (sulfide) groups is 1. The quantitative estimate of drug-likeness (QED) is 0.561. The number of carbonyl (C=O) groups excluding carboxylic acids is 1. The van der Waals surface area contributed by atoms with Crippen LogP contribution < -0.4 is 5.32 Å². The monoisotopic (exact) mass is 392 g/mol. The van der Waals surface area contributed by atoms with Gasteiger partial charge in [-0.25, -0.2) is 0 Å². The molecule has 4 rings (SSSR count). The molecule has 1 saturated carbocycles. The maximum absolute atomic E-state index is 13.2. The Labute approximate surface area is 169 Å². The third-order valence-corrected chi connectivity index (χ3v) is 5.94. The molecule has 3 aromatic rings. The van der Waals surface area contributed by atoms with Crippen LogP contribution in [-0.2, 0) is 4.79 Å². The van der Waals surface area contributed by atoms with Gasteiger partial charge in [0.25, 0.3) is 0 Å². The minimum atomic E-state index is -0.400.